The van der Waals surface area contributed by atoms with Crippen LogP contribution in [-0.4, -0.2) is 16.5 Å². The second-order valence-corrected chi connectivity index (χ2v) is 4.29. The molecule has 0 spiro atoms. The lowest BCUT2D eigenvalue weighted by Gasteiger charge is -2.06. The van der Waals surface area contributed by atoms with Gasteiger partial charge in [-0.3, -0.25) is 9.89 Å². The number of nitrogen functional groups attached to an aromatic ring is 1. The molecule has 4 heteroatoms. The SMILES string of the molecule is CC(C)c1ccc(-c2[nH]nc(N)c2C=O)cc1. The standard InChI is InChI=1S/C13H15N3O/c1-8(2)9-3-5-10(6-4-9)12-11(7-17)13(14)16-15-12/h3-8H,1-2H3,(H3,14,15,16). The predicted molar refractivity (Wildman–Crippen MR) is 67.9 cm³/mol. The minimum absolute atomic E-state index is 0.239. The van der Waals surface area contributed by atoms with E-state index in [1.54, 1.807) is 0 Å². The van der Waals surface area contributed by atoms with Crippen molar-refractivity contribution in [2.75, 3.05) is 5.73 Å². The number of nitrogens with zero attached hydrogens (tertiary/aromatic N) is 1. The van der Waals surface area contributed by atoms with E-state index in [2.05, 4.69) is 24.0 Å². The minimum atomic E-state index is 0.239. The zero-order valence-corrected chi connectivity index (χ0v) is 9.90. The summed E-state index contributed by atoms with van der Waals surface area (Å²) in [6.45, 7) is 4.28. The number of hydrogen-bond acceptors (Lipinski definition) is 3. The van der Waals surface area contributed by atoms with Crippen LogP contribution in [0.1, 0.15) is 35.7 Å². The molecule has 1 aromatic heterocycles. The van der Waals surface area contributed by atoms with Crippen LogP contribution in [0.3, 0.4) is 0 Å². The van der Waals surface area contributed by atoms with Gasteiger partial charge >= 0.3 is 0 Å². The minimum Gasteiger partial charge on any atom is -0.382 e. The molecule has 0 saturated carbocycles. The Kier molecular flexibility index (Phi) is 2.95. The molecule has 0 unspecified atom stereocenters. The molecule has 0 fully saturated rings. The van der Waals surface area contributed by atoms with Gasteiger partial charge in [0.25, 0.3) is 0 Å². The van der Waals surface area contributed by atoms with Crippen molar-refractivity contribution < 1.29 is 4.79 Å². The lowest BCUT2D eigenvalue weighted by molar-refractivity contribution is 0.112. The Morgan fingerprint density at radius 3 is 2.47 bits per heavy atom. The van der Waals surface area contributed by atoms with Gasteiger partial charge in [0.1, 0.15) is 0 Å². The molecule has 0 aliphatic carbocycles. The van der Waals surface area contributed by atoms with E-state index in [4.69, 9.17) is 5.73 Å². The Hall–Kier alpha value is -2.10. The highest BCUT2D eigenvalue weighted by Crippen LogP contribution is 2.25. The van der Waals surface area contributed by atoms with Crippen molar-refractivity contribution in [2.24, 2.45) is 0 Å². The van der Waals surface area contributed by atoms with Crippen LogP contribution in [0, 0.1) is 0 Å². The molecule has 2 aromatic rings. The van der Waals surface area contributed by atoms with Gasteiger partial charge in [-0.25, -0.2) is 0 Å². The molecule has 17 heavy (non-hydrogen) atoms. The van der Waals surface area contributed by atoms with Crippen molar-refractivity contribution in [1.29, 1.82) is 0 Å². The number of carbonyl (C=O) groups excluding carboxylic acids is 1. The van der Waals surface area contributed by atoms with Gasteiger partial charge in [-0.1, -0.05) is 38.1 Å². The van der Waals surface area contributed by atoms with Crippen molar-refractivity contribution >= 4 is 12.1 Å². The summed E-state index contributed by atoms with van der Waals surface area (Å²) in [6.07, 6.45) is 0.727. The molecular formula is C13H15N3O. The predicted octanol–water partition coefficient (Wildman–Crippen LogP) is 2.59. The van der Waals surface area contributed by atoms with E-state index in [1.807, 2.05) is 24.3 Å². The van der Waals surface area contributed by atoms with Crippen LogP contribution in [0.5, 0.6) is 0 Å². The first-order valence-corrected chi connectivity index (χ1v) is 5.53. The molecule has 2 rings (SSSR count). The van der Waals surface area contributed by atoms with Gasteiger partial charge in [-0.15, -0.1) is 0 Å². The lowest BCUT2D eigenvalue weighted by Crippen LogP contribution is -1.91. The zero-order chi connectivity index (χ0) is 12.4. The van der Waals surface area contributed by atoms with E-state index in [0.717, 1.165) is 11.8 Å². The monoisotopic (exact) mass is 229 g/mol. The first-order valence-electron chi connectivity index (χ1n) is 5.53. The Bertz CT molecular complexity index is 526. The van der Waals surface area contributed by atoms with Gasteiger partial charge in [0.05, 0.1) is 11.3 Å². The summed E-state index contributed by atoms with van der Waals surface area (Å²) >= 11 is 0. The molecule has 0 saturated heterocycles. The number of anilines is 1. The summed E-state index contributed by atoms with van der Waals surface area (Å²) in [5, 5.41) is 6.63. The number of rotatable bonds is 3. The molecule has 0 atom stereocenters. The Labute approximate surface area is 99.8 Å². The fourth-order valence-corrected chi connectivity index (χ4v) is 1.74. The third-order valence-electron chi connectivity index (χ3n) is 2.82. The van der Waals surface area contributed by atoms with Gasteiger partial charge in [-0.05, 0) is 11.5 Å². The fourth-order valence-electron chi connectivity index (χ4n) is 1.74. The first kappa shape index (κ1) is 11.4. The Morgan fingerprint density at radius 2 is 1.94 bits per heavy atom. The van der Waals surface area contributed by atoms with Crippen molar-refractivity contribution in [3.8, 4) is 11.3 Å². The van der Waals surface area contributed by atoms with Gasteiger partial charge in [0.15, 0.2) is 12.1 Å². The maximum Gasteiger partial charge on any atom is 0.156 e. The van der Waals surface area contributed by atoms with Crippen LogP contribution >= 0.6 is 0 Å². The van der Waals surface area contributed by atoms with E-state index >= 15 is 0 Å². The molecule has 0 amide bonds. The number of aromatic amines is 1. The molecule has 0 aliphatic rings. The molecule has 4 nitrogen and oxygen atoms in total. The van der Waals surface area contributed by atoms with E-state index in [1.165, 1.54) is 5.56 Å². The zero-order valence-electron chi connectivity index (χ0n) is 9.90. The van der Waals surface area contributed by atoms with Gasteiger partial charge < -0.3 is 5.73 Å². The summed E-state index contributed by atoms with van der Waals surface area (Å²) in [5.41, 5.74) is 8.86. The quantitative estimate of drug-likeness (QED) is 0.794. The topological polar surface area (TPSA) is 71.8 Å². The van der Waals surface area contributed by atoms with Gasteiger partial charge in [0.2, 0.25) is 0 Å². The van der Waals surface area contributed by atoms with Crippen LogP contribution in [0.15, 0.2) is 24.3 Å². The molecular weight excluding hydrogens is 214 g/mol. The normalized spacial score (nSPS) is 10.8. The summed E-state index contributed by atoms with van der Waals surface area (Å²) in [4.78, 5) is 10.9. The van der Waals surface area contributed by atoms with Crippen LogP contribution in [-0.2, 0) is 0 Å². The highest BCUT2D eigenvalue weighted by atomic mass is 16.1. The third kappa shape index (κ3) is 2.06. The summed E-state index contributed by atoms with van der Waals surface area (Å²) in [7, 11) is 0. The highest BCUT2D eigenvalue weighted by molar-refractivity contribution is 5.91. The Morgan fingerprint density at radius 1 is 1.29 bits per heavy atom. The number of aldehydes is 1. The summed E-state index contributed by atoms with van der Waals surface area (Å²) in [6, 6.07) is 8.03. The maximum absolute atomic E-state index is 10.9. The number of benzene rings is 1. The fraction of sp³-hybridized carbons (Fsp3) is 0.231. The van der Waals surface area contributed by atoms with Gasteiger partial charge in [0, 0.05) is 5.56 Å². The van der Waals surface area contributed by atoms with Crippen molar-refractivity contribution in [3.63, 3.8) is 0 Å². The van der Waals surface area contributed by atoms with E-state index in [0.29, 0.717) is 17.2 Å². The van der Waals surface area contributed by atoms with Crippen LogP contribution in [0.4, 0.5) is 5.82 Å². The maximum atomic E-state index is 10.9. The molecule has 1 heterocycles. The smallest absolute Gasteiger partial charge is 0.156 e. The lowest BCUT2D eigenvalue weighted by atomic mass is 10.00. The van der Waals surface area contributed by atoms with Crippen molar-refractivity contribution in [3.05, 3.63) is 35.4 Å². The second-order valence-electron chi connectivity index (χ2n) is 4.29. The number of nitrogens with one attached hydrogen (secondary N) is 1. The largest absolute Gasteiger partial charge is 0.382 e. The number of carbonyl (C=O) groups is 1. The van der Waals surface area contributed by atoms with Crippen molar-refractivity contribution in [2.45, 2.75) is 19.8 Å². The van der Waals surface area contributed by atoms with E-state index in [9.17, 15) is 4.79 Å². The number of hydrogen-bond donors (Lipinski definition) is 2. The second kappa shape index (κ2) is 4.41. The van der Waals surface area contributed by atoms with Crippen LogP contribution in [0.25, 0.3) is 11.3 Å². The Balaban J connectivity index is 2.43. The number of aromatic nitrogens is 2. The third-order valence-corrected chi connectivity index (χ3v) is 2.82. The van der Waals surface area contributed by atoms with E-state index in [-0.39, 0.29) is 5.82 Å². The average Bonchev–Trinajstić information content (AvgIpc) is 2.70. The summed E-state index contributed by atoms with van der Waals surface area (Å²) in [5.74, 6) is 0.726. The highest BCUT2D eigenvalue weighted by Gasteiger charge is 2.11. The first-order chi connectivity index (χ1) is 8.13. The molecule has 3 N–H and O–H groups in total. The van der Waals surface area contributed by atoms with E-state index < -0.39 is 0 Å². The summed E-state index contributed by atoms with van der Waals surface area (Å²) < 4.78 is 0. The molecule has 0 aliphatic heterocycles. The number of H-pyrrole nitrogens is 1. The number of nitrogens with two attached hydrogens (primary N) is 1. The average molecular weight is 229 g/mol. The molecule has 1 aromatic carbocycles. The van der Waals surface area contributed by atoms with Crippen LogP contribution in [0.2, 0.25) is 0 Å². The van der Waals surface area contributed by atoms with Gasteiger partial charge in [-0.2, -0.15) is 5.10 Å². The molecule has 88 valence electrons. The van der Waals surface area contributed by atoms with Crippen molar-refractivity contribution in [1.82, 2.24) is 10.2 Å². The molecule has 0 radical (unpaired) electrons. The molecule has 0 bridgehead atoms. The van der Waals surface area contributed by atoms with Crippen LogP contribution < -0.4 is 5.73 Å².